The van der Waals surface area contributed by atoms with Gasteiger partial charge >= 0.3 is 0 Å². The zero-order valence-electron chi connectivity index (χ0n) is 15.8. The molecule has 0 aliphatic rings. The van der Waals surface area contributed by atoms with E-state index in [0.717, 1.165) is 12.8 Å². The highest BCUT2D eigenvalue weighted by atomic mass is 35.5. The largest absolute Gasteiger partial charge is 0.295 e. The summed E-state index contributed by atoms with van der Waals surface area (Å²) >= 11 is 11.7. The summed E-state index contributed by atoms with van der Waals surface area (Å²) < 4.78 is 0. The lowest BCUT2D eigenvalue weighted by Crippen LogP contribution is -1.90. The quantitative estimate of drug-likeness (QED) is 0.304. The van der Waals surface area contributed by atoms with E-state index < -0.39 is 0 Å². The first-order valence-electron chi connectivity index (χ1n) is 8.15. The molecule has 0 heterocycles. The summed E-state index contributed by atoms with van der Waals surface area (Å²) in [6, 6.07) is 10.5. The highest BCUT2D eigenvalue weighted by molar-refractivity contribution is 6.35. The normalized spacial score (nSPS) is 11.4. The summed E-state index contributed by atoms with van der Waals surface area (Å²) in [5, 5.41) is 1.05. The number of allylic oxidation sites excluding steroid dienone is 6. The SMILES string of the molecule is C#CC.CC/C=C(Cl)/C=C(Cl)\C=C(/C)C(C)=O.CCc1ccccc1. The van der Waals surface area contributed by atoms with Gasteiger partial charge in [-0.3, -0.25) is 4.79 Å². The van der Waals surface area contributed by atoms with Gasteiger partial charge in [-0.25, -0.2) is 0 Å². The third-order valence-corrected chi connectivity index (χ3v) is 3.32. The minimum Gasteiger partial charge on any atom is -0.295 e. The van der Waals surface area contributed by atoms with Gasteiger partial charge in [0.2, 0.25) is 0 Å². The van der Waals surface area contributed by atoms with Crippen LogP contribution in [0.2, 0.25) is 0 Å². The molecule has 25 heavy (non-hydrogen) atoms. The van der Waals surface area contributed by atoms with Crippen molar-refractivity contribution in [3.05, 3.63) is 69.8 Å². The van der Waals surface area contributed by atoms with Crippen LogP contribution in [-0.2, 0) is 11.2 Å². The Labute approximate surface area is 163 Å². The minimum absolute atomic E-state index is 0.00661. The molecule has 0 spiro atoms. The Kier molecular flexibility index (Phi) is 17.4. The van der Waals surface area contributed by atoms with Gasteiger partial charge in [0.1, 0.15) is 0 Å². The van der Waals surface area contributed by atoms with Crippen molar-refractivity contribution in [3.63, 3.8) is 0 Å². The highest BCUT2D eigenvalue weighted by Gasteiger charge is 1.97. The molecule has 1 rings (SSSR count). The van der Waals surface area contributed by atoms with Gasteiger partial charge in [-0.15, -0.1) is 12.3 Å². The van der Waals surface area contributed by atoms with E-state index in [1.165, 1.54) is 12.5 Å². The summed E-state index contributed by atoms with van der Waals surface area (Å²) in [5.41, 5.74) is 2.03. The maximum Gasteiger partial charge on any atom is 0.155 e. The van der Waals surface area contributed by atoms with Crippen LogP contribution in [-0.4, -0.2) is 5.78 Å². The Morgan fingerprint density at radius 1 is 1.08 bits per heavy atom. The van der Waals surface area contributed by atoms with Crippen LogP contribution in [0.3, 0.4) is 0 Å². The maximum atomic E-state index is 10.9. The molecule has 136 valence electrons. The van der Waals surface area contributed by atoms with Crippen molar-refractivity contribution in [3.8, 4) is 12.3 Å². The molecule has 0 aliphatic heterocycles. The molecule has 1 nitrogen and oxygen atoms in total. The molecule has 0 amide bonds. The van der Waals surface area contributed by atoms with Crippen LogP contribution in [0.15, 0.2) is 64.2 Å². The number of ketones is 1. The average molecular weight is 379 g/mol. The highest BCUT2D eigenvalue weighted by Crippen LogP contribution is 2.14. The molecule has 1 aromatic rings. The van der Waals surface area contributed by atoms with Gasteiger partial charge < -0.3 is 0 Å². The van der Waals surface area contributed by atoms with Gasteiger partial charge in [0.25, 0.3) is 0 Å². The molecular weight excluding hydrogens is 351 g/mol. The van der Waals surface area contributed by atoms with Crippen molar-refractivity contribution in [2.75, 3.05) is 0 Å². The number of carbonyl (C=O) groups is 1. The zero-order valence-corrected chi connectivity index (χ0v) is 17.3. The van der Waals surface area contributed by atoms with E-state index in [1.807, 2.05) is 19.1 Å². The van der Waals surface area contributed by atoms with E-state index in [1.54, 1.807) is 26.0 Å². The summed E-state index contributed by atoms with van der Waals surface area (Å²) in [7, 11) is 0. The lowest BCUT2D eigenvalue weighted by atomic mass is 10.2. The van der Waals surface area contributed by atoms with Gasteiger partial charge in [0.05, 0.1) is 0 Å². The van der Waals surface area contributed by atoms with Crippen molar-refractivity contribution >= 4 is 29.0 Å². The van der Waals surface area contributed by atoms with E-state index in [2.05, 4.69) is 43.5 Å². The number of hydrogen-bond donors (Lipinski definition) is 0. The summed E-state index contributed by atoms with van der Waals surface area (Å²) in [6.07, 6.45) is 11.7. The molecular formula is C22H28Cl2O. The molecule has 3 heteroatoms. The maximum absolute atomic E-state index is 10.9. The van der Waals surface area contributed by atoms with Crippen molar-refractivity contribution in [2.45, 2.75) is 47.5 Å². The molecule has 1 aromatic carbocycles. The third kappa shape index (κ3) is 16.9. The van der Waals surface area contributed by atoms with Crippen LogP contribution >= 0.6 is 23.2 Å². The Morgan fingerprint density at radius 3 is 1.96 bits per heavy atom. The number of benzene rings is 1. The van der Waals surface area contributed by atoms with Gasteiger partial charge in [-0.1, -0.05) is 73.5 Å². The number of rotatable bonds is 5. The third-order valence-electron chi connectivity index (χ3n) is 2.84. The first-order valence-corrected chi connectivity index (χ1v) is 8.91. The number of halogens is 2. The second kappa shape index (κ2) is 17.1. The predicted octanol–water partition coefficient (Wildman–Crippen LogP) is 7.07. The smallest absolute Gasteiger partial charge is 0.155 e. The van der Waals surface area contributed by atoms with E-state index in [0.29, 0.717) is 15.6 Å². The van der Waals surface area contributed by atoms with E-state index in [9.17, 15) is 4.79 Å². The fraction of sp³-hybridized carbons (Fsp3) is 0.318. The summed E-state index contributed by atoms with van der Waals surface area (Å²) in [6.45, 7) is 9.02. The first-order chi connectivity index (χ1) is 11.8. The van der Waals surface area contributed by atoms with E-state index in [-0.39, 0.29) is 5.78 Å². The van der Waals surface area contributed by atoms with Crippen molar-refractivity contribution in [1.82, 2.24) is 0 Å². The molecule has 0 atom stereocenters. The Bertz CT molecular complexity index is 617. The number of Topliss-reactive ketones (excluding diaryl/α,β-unsaturated/α-hetero) is 1. The molecule has 0 aromatic heterocycles. The van der Waals surface area contributed by atoms with Gasteiger partial charge in [-0.05, 0) is 56.9 Å². The fourth-order valence-electron chi connectivity index (χ4n) is 1.45. The summed E-state index contributed by atoms with van der Waals surface area (Å²) in [5.74, 6) is 2.26. The lowest BCUT2D eigenvalue weighted by Gasteiger charge is -1.94. The number of carbonyl (C=O) groups excluding carboxylic acids is 1. The van der Waals surface area contributed by atoms with Crippen LogP contribution in [0.4, 0.5) is 0 Å². The predicted molar refractivity (Wildman–Crippen MR) is 113 cm³/mol. The van der Waals surface area contributed by atoms with Crippen LogP contribution in [0, 0.1) is 12.3 Å². The zero-order chi connectivity index (χ0) is 19.7. The lowest BCUT2D eigenvalue weighted by molar-refractivity contribution is -0.113. The molecule has 0 aliphatic carbocycles. The molecule has 0 unspecified atom stereocenters. The molecule has 0 saturated heterocycles. The van der Waals surface area contributed by atoms with Gasteiger partial charge in [-0.2, -0.15) is 0 Å². The van der Waals surface area contributed by atoms with Crippen molar-refractivity contribution < 1.29 is 4.79 Å². The van der Waals surface area contributed by atoms with E-state index in [4.69, 9.17) is 23.2 Å². The monoisotopic (exact) mass is 378 g/mol. The van der Waals surface area contributed by atoms with Crippen LogP contribution in [0.5, 0.6) is 0 Å². The molecule has 0 N–H and O–H groups in total. The Balaban J connectivity index is 0. The fourth-order valence-corrected chi connectivity index (χ4v) is 2.06. The first kappa shape index (κ1) is 25.5. The molecule has 0 bridgehead atoms. The Hall–Kier alpha value is -1.75. The second-order valence-corrected chi connectivity index (χ2v) is 5.91. The van der Waals surface area contributed by atoms with Crippen molar-refractivity contribution in [2.24, 2.45) is 0 Å². The van der Waals surface area contributed by atoms with Crippen LogP contribution in [0.25, 0.3) is 0 Å². The second-order valence-electron chi connectivity index (χ2n) is 5.04. The number of hydrogen-bond acceptors (Lipinski definition) is 1. The van der Waals surface area contributed by atoms with Gasteiger partial charge in [0.15, 0.2) is 5.78 Å². The minimum atomic E-state index is 0.00661. The van der Waals surface area contributed by atoms with Crippen molar-refractivity contribution in [1.29, 1.82) is 0 Å². The van der Waals surface area contributed by atoms with E-state index >= 15 is 0 Å². The standard InChI is InChI=1S/C11H14Cl2O.C8H10.C3H4/c1-4-5-10(12)7-11(13)6-8(2)9(3)14;1-2-8-6-4-3-5-7-8;1-3-2/h5-7H,4H2,1-3H3;3-7H,2H2,1H3;1H,2H3/b8-6+,10-5-,11-7+;;. The van der Waals surface area contributed by atoms with Gasteiger partial charge in [0, 0.05) is 10.1 Å². The molecule has 0 radical (unpaired) electrons. The Morgan fingerprint density at radius 2 is 1.60 bits per heavy atom. The summed E-state index contributed by atoms with van der Waals surface area (Å²) in [4.78, 5) is 10.9. The number of aryl methyl sites for hydroxylation is 1. The average Bonchev–Trinajstić information content (AvgIpc) is 2.56. The van der Waals surface area contributed by atoms with Crippen LogP contribution in [0.1, 0.15) is 46.6 Å². The molecule has 0 fully saturated rings. The number of terminal acetylenes is 1. The topological polar surface area (TPSA) is 17.1 Å². The van der Waals surface area contributed by atoms with Crippen LogP contribution < -0.4 is 0 Å². The molecule has 0 saturated carbocycles.